The van der Waals surface area contributed by atoms with Gasteiger partial charge in [0, 0.05) is 13.2 Å². The molecule has 0 amide bonds. The molecule has 0 spiro atoms. The van der Waals surface area contributed by atoms with Crippen molar-refractivity contribution >= 4 is 0 Å². The molecule has 0 aromatic heterocycles. The predicted octanol–water partition coefficient (Wildman–Crippen LogP) is 3.28. The topological polar surface area (TPSA) is 30.5 Å². The van der Waals surface area contributed by atoms with Crippen LogP contribution in [-0.2, 0) is 11.2 Å². The molecular weight excluding hydrogens is 250 g/mol. The zero-order valence-corrected chi connectivity index (χ0v) is 13.3. The van der Waals surface area contributed by atoms with Crippen molar-refractivity contribution in [2.24, 2.45) is 5.92 Å². The van der Waals surface area contributed by atoms with Crippen LogP contribution >= 0.6 is 0 Å². The van der Waals surface area contributed by atoms with E-state index >= 15 is 0 Å². The molecule has 0 aliphatic carbocycles. The van der Waals surface area contributed by atoms with Crippen LogP contribution in [-0.4, -0.2) is 32.9 Å². The van der Waals surface area contributed by atoms with Crippen molar-refractivity contribution in [3.05, 3.63) is 29.8 Å². The Hall–Kier alpha value is -1.06. The summed E-state index contributed by atoms with van der Waals surface area (Å²) in [5, 5.41) is 3.50. The van der Waals surface area contributed by atoms with Crippen LogP contribution in [0.2, 0.25) is 0 Å². The predicted molar refractivity (Wildman–Crippen MR) is 84.4 cm³/mol. The van der Waals surface area contributed by atoms with Gasteiger partial charge in [-0.1, -0.05) is 39.3 Å². The highest BCUT2D eigenvalue weighted by molar-refractivity contribution is 5.27. The lowest BCUT2D eigenvalue weighted by Gasteiger charge is -2.24. The fourth-order valence-corrected chi connectivity index (χ4v) is 2.13. The lowest BCUT2D eigenvalue weighted by atomic mass is 10.00. The van der Waals surface area contributed by atoms with Crippen molar-refractivity contribution in [3.63, 3.8) is 0 Å². The highest BCUT2D eigenvalue weighted by Crippen LogP contribution is 2.15. The van der Waals surface area contributed by atoms with Crippen molar-refractivity contribution in [2.75, 3.05) is 26.9 Å². The lowest BCUT2D eigenvalue weighted by molar-refractivity contribution is 0.202. The second kappa shape index (κ2) is 9.78. The maximum Gasteiger partial charge on any atom is 0.119 e. The number of hydrogen-bond acceptors (Lipinski definition) is 3. The normalized spacial score (nSPS) is 14.0. The molecule has 3 heteroatoms. The fourth-order valence-electron chi connectivity index (χ4n) is 2.13. The van der Waals surface area contributed by atoms with Crippen LogP contribution in [0.1, 0.15) is 32.8 Å². The van der Waals surface area contributed by atoms with E-state index in [1.807, 2.05) is 12.1 Å². The van der Waals surface area contributed by atoms with E-state index in [0.717, 1.165) is 38.3 Å². The minimum Gasteiger partial charge on any atom is -0.492 e. The van der Waals surface area contributed by atoms with Crippen molar-refractivity contribution in [1.82, 2.24) is 5.32 Å². The molecule has 0 radical (unpaired) electrons. The molecule has 20 heavy (non-hydrogen) atoms. The summed E-state index contributed by atoms with van der Waals surface area (Å²) in [7, 11) is 1.73. The molecule has 0 saturated carbocycles. The van der Waals surface area contributed by atoms with Gasteiger partial charge in [0.2, 0.25) is 0 Å². The van der Waals surface area contributed by atoms with Gasteiger partial charge in [0.05, 0.1) is 6.61 Å². The third-order valence-electron chi connectivity index (χ3n) is 3.74. The van der Waals surface area contributed by atoms with E-state index in [0.29, 0.717) is 12.0 Å². The summed E-state index contributed by atoms with van der Waals surface area (Å²) in [5.41, 5.74) is 1.28. The van der Waals surface area contributed by atoms with Crippen molar-refractivity contribution < 1.29 is 9.47 Å². The first-order chi connectivity index (χ1) is 9.71. The first kappa shape index (κ1) is 17.0. The zero-order valence-electron chi connectivity index (χ0n) is 13.3. The number of hydrogen-bond donors (Lipinski definition) is 1. The summed E-state index contributed by atoms with van der Waals surface area (Å²) in [6, 6.07) is 8.73. The SMILES string of the molecule is CCNC(COc1ccc(CCOC)cc1)C(C)CC. The second-order valence-corrected chi connectivity index (χ2v) is 5.25. The Morgan fingerprint density at radius 1 is 1.15 bits per heavy atom. The minimum atomic E-state index is 0.415. The van der Waals surface area contributed by atoms with E-state index in [4.69, 9.17) is 9.47 Å². The van der Waals surface area contributed by atoms with Crippen LogP contribution in [0.3, 0.4) is 0 Å². The Morgan fingerprint density at radius 2 is 1.85 bits per heavy atom. The number of rotatable bonds is 10. The third-order valence-corrected chi connectivity index (χ3v) is 3.74. The highest BCUT2D eigenvalue weighted by atomic mass is 16.5. The lowest BCUT2D eigenvalue weighted by Crippen LogP contribution is -2.39. The first-order valence-corrected chi connectivity index (χ1v) is 7.65. The fraction of sp³-hybridized carbons (Fsp3) is 0.647. The van der Waals surface area contributed by atoms with Gasteiger partial charge in [0.15, 0.2) is 0 Å². The van der Waals surface area contributed by atoms with Gasteiger partial charge in [0.1, 0.15) is 12.4 Å². The van der Waals surface area contributed by atoms with E-state index in [2.05, 4.69) is 38.2 Å². The average Bonchev–Trinajstić information content (AvgIpc) is 2.49. The maximum absolute atomic E-state index is 5.91. The van der Waals surface area contributed by atoms with Gasteiger partial charge in [0.25, 0.3) is 0 Å². The van der Waals surface area contributed by atoms with Gasteiger partial charge in [-0.2, -0.15) is 0 Å². The van der Waals surface area contributed by atoms with Gasteiger partial charge >= 0.3 is 0 Å². The first-order valence-electron chi connectivity index (χ1n) is 7.65. The smallest absolute Gasteiger partial charge is 0.119 e. The molecule has 0 aliphatic heterocycles. The molecule has 1 aromatic rings. The minimum absolute atomic E-state index is 0.415. The van der Waals surface area contributed by atoms with Crippen molar-refractivity contribution in [3.8, 4) is 5.75 Å². The average molecular weight is 279 g/mol. The Balaban J connectivity index is 2.46. The third kappa shape index (κ3) is 5.93. The molecule has 0 fully saturated rings. The molecule has 0 bridgehead atoms. The molecule has 0 heterocycles. The van der Waals surface area contributed by atoms with Gasteiger partial charge in [-0.25, -0.2) is 0 Å². The molecule has 2 atom stereocenters. The van der Waals surface area contributed by atoms with Crippen LogP contribution < -0.4 is 10.1 Å². The number of benzene rings is 1. The molecule has 0 saturated heterocycles. The molecule has 114 valence electrons. The summed E-state index contributed by atoms with van der Waals surface area (Å²) in [5.74, 6) is 1.56. The van der Waals surface area contributed by atoms with Crippen molar-refractivity contribution in [1.29, 1.82) is 0 Å². The Morgan fingerprint density at radius 3 is 2.40 bits per heavy atom. The molecule has 0 aliphatic rings. The van der Waals surface area contributed by atoms with E-state index in [9.17, 15) is 0 Å². The Labute approximate surface area is 123 Å². The monoisotopic (exact) mass is 279 g/mol. The standard InChI is InChI=1S/C17H29NO2/c1-5-14(3)17(18-6-2)13-20-16-9-7-15(8-10-16)11-12-19-4/h7-10,14,17-18H,5-6,11-13H2,1-4H3. The van der Waals surface area contributed by atoms with E-state index < -0.39 is 0 Å². The van der Waals surface area contributed by atoms with Gasteiger partial charge in [-0.05, 0) is 36.6 Å². The number of likely N-dealkylation sites (N-methyl/N-ethyl adjacent to an activating group) is 1. The Kier molecular flexibility index (Phi) is 8.31. The second-order valence-electron chi connectivity index (χ2n) is 5.25. The molecule has 1 aromatic carbocycles. The van der Waals surface area contributed by atoms with Crippen LogP contribution in [0, 0.1) is 5.92 Å². The quantitative estimate of drug-likeness (QED) is 0.713. The summed E-state index contributed by atoms with van der Waals surface area (Å²) in [6.07, 6.45) is 2.11. The van der Waals surface area contributed by atoms with E-state index in [1.165, 1.54) is 5.56 Å². The summed E-state index contributed by atoms with van der Waals surface area (Å²) < 4.78 is 11.0. The molecule has 1 rings (SSSR count). The zero-order chi connectivity index (χ0) is 14.8. The van der Waals surface area contributed by atoms with E-state index in [1.54, 1.807) is 7.11 Å². The molecule has 3 nitrogen and oxygen atoms in total. The van der Waals surface area contributed by atoms with Gasteiger partial charge in [-0.3, -0.25) is 0 Å². The summed E-state index contributed by atoms with van der Waals surface area (Å²) >= 11 is 0. The number of methoxy groups -OCH3 is 1. The molecular formula is C17H29NO2. The Bertz CT molecular complexity index is 351. The summed E-state index contributed by atoms with van der Waals surface area (Å²) in [6.45, 7) is 9.09. The van der Waals surface area contributed by atoms with Crippen molar-refractivity contribution in [2.45, 2.75) is 39.7 Å². The van der Waals surface area contributed by atoms with Crippen LogP contribution in [0.25, 0.3) is 0 Å². The largest absolute Gasteiger partial charge is 0.492 e. The van der Waals surface area contributed by atoms with Crippen LogP contribution in [0.15, 0.2) is 24.3 Å². The summed E-state index contributed by atoms with van der Waals surface area (Å²) in [4.78, 5) is 0. The van der Waals surface area contributed by atoms with E-state index in [-0.39, 0.29) is 0 Å². The molecule has 1 N–H and O–H groups in total. The number of ether oxygens (including phenoxy) is 2. The highest BCUT2D eigenvalue weighted by Gasteiger charge is 2.15. The molecule has 2 unspecified atom stereocenters. The van der Waals surface area contributed by atoms with Gasteiger partial charge < -0.3 is 14.8 Å². The maximum atomic E-state index is 5.91. The van der Waals surface area contributed by atoms with Gasteiger partial charge in [-0.15, -0.1) is 0 Å². The van der Waals surface area contributed by atoms with Crippen LogP contribution in [0.4, 0.5) is 0 Å². The van der Waals surface area contributed by atoms with Crippen LogP contribution in [0.5, 0.6) is 5.75 Å². The number of nitrogens with one attached hydrogen (secondary N) is 1.